The zero-order valence-electron chi connectivity index (χ0n) is 8.93. The summed E-state index contributed by atoms with van der Waals surface area (Å²) in [6.07, 6.45) is 0. The molecule has 0 saturated heterocycles. The summed E-state index contributed by atoms with van der Waals surface area (Å²) in [6, 6.07) is 0. The first kappa shape index (κ1) is 11.5. The standard InChI is InChI=1S/C8H16N4OS/c1-6(2)8(3,13)5-14-7-9-10-11-12(7)4/h6,13H,5H2,1-4H3. The first-order chi connectivity index (χ1) is 6.43. The molecule has 0 aliphatic carbocycles. The maximum Gasteiger partial charge on any atom is 0.209 e. The lowest BCUT2D eigenvalue weighted by atomic mass is 9.95. The predicted octanol–water partition coefficient (Wildman–Crippen LogP) is 0.709. The molecule has 0 spiro atoms. The highest BCUT2D eigenvalue weighted by atomic mass is 32.2. The Bertz CT molecular complexity index is 297. The van der Waals surface area contributed by atoms with Crippen molar-refractivity contribution in [2.75, 3.05) is 5.75 Å². The van der Waals surface area contributed by atoms with Crippen LogP contribution in [0.4, 0.5) is 0 Å². The van der Waals surface area contributed by atoms with Gasteiger partial charge in [-0.25, -0.2) is 4.68 Å². The molecule has 1 aromatic rings. The summed E-state index contributed by atoms with van der Waals surface area (Å²) in [4.78, 5) is 0. The molecule has 0 radical (unpaired) electrons. The van der Waals surface area contributed by atoms with Gasteiger partial charge in [-0.05, 0) is 23.3 Å². The number of hydrogen-bond donors (Lipinski definition) is 1. The van der Waals surface area contributed by atoms with Gasteiger partial charge >= 0.3 is 0 Å². The first-order valence-corrected chi connectivity index (χ1v) is 5.49. The van der Waals surface area contributed by atoms with Crippen molar-refractivity contribution in [2.45, 2.75) is 31.5 Å². The number of nitrogens with zero attached hydrogens (tertiary/aromatic N) is 4. The average molecular weight is 216 g/mol. The third kappa shape index (κ3) is 2.68. The summed E-state index contributed by atoms with van der Waals surface area (Å²) in [5.74, 6) is 0.815. The van der Waals surface area contributed by atoms with Crippen molar-refractivity contribution in [3.05, 3.63) is 0 Å². The van der Waals surface area contributed by atoms with Crippen LogP contribution in [0, 0.1) is 5.92 Å². The molecule has 1 N–H and O–H groups in total. The van der Waals surface area contributed by atoms with Crippen molar-refractivity contribution in [3.8, 4) is 0 Å². The van der Waals surface area contributed by atoms with Crippen LogP contribution in [-0.4, -0.2) is 36.7 Å². The zero-order chi connectivity index (χ0) is 10.8. The second-order valence-corrected chi connectivity index (χ2v) is 4.83. The molecule has 0 bridgehead atoms. The Hall–Kier alpha value is -0.620. The lowest BCUT2D eigenvalue weighted by molar-refractivity contribution is 0.0376. The number of rotatable bonds is 4. The Morgan fingerprint density at radius 3 is 2.64 bits per heavy atom. The van der Waals surface area contributed by atoms with Gasteiger partial charge in [0.1, 0.15) is 0 Å². The van der Waals surface area contributed by atoms with Crippen LogP contribution in [0.1, 0.15) is 20.8 Å². The van der Waals surface area contributed by atoms with E-state index < -0.39 is 5.60 Å². The largest absolute Gasteiger partial charge is 0.389 e. The van der Waals surface area contributed by atoms with Gasteiger partial charge in [0, 0.05) is 12.8 Å². The fraction of sp³-hybridized carbons (Fsp3) is 0.875. The highest BCUT2D eigenvalue weighted by molar-refractivity contribution is 7.99. The van der Waals surface area contributed by atoms with Crippen molar-refractivity contribution in [1.82, 2.24) is 20.2 Å². The Kier molecular flexibility index (Phi) is 3.49. The fourth-order valence-electron chi connectivity index (χ4n) is 0.721. The summed E-state index contributed by atoms with van der Waals surface area (Å²) in [5.41, 5.74) is -0.684. The van der Waals surface area contributed by atoms with Crippen LogP contribution in [0.5, 0.6) is 0 Å². The van der Waals surface area contributed by atoms with Gasteiger partial charge in [-0.15, -0.1) is 5.10 Å². The minimum absolute atomic E-state index is 0.219. The molecule has 1 unspecified atom stereocenters. The molecule has 1 atom stereocenters. The maximum absolute atomic E-state index is 9.98. The molecule has 0 amide bonds. The molecule has 0 aliphatic heterocycles. The Morgan fingerprint density at radius 2 is 2.21 bits per heavy atom. The highest BCUT2D eigenvalue weighted by Crippen LogP contribution is 2.24. The van der Waals surface area contributed by atoms with E-state index in [1.807, 2.05) is 20.8 Å². The number of thioether (sulfide) groups is 1. The highest BCUT2D eigenvalue weighted by Gasteiger charge is 2.25. The second-order valence-electron chi connectivity index (χ2n) is 3.89. The van der Waals surface area contributed by atoms with Crippen molar-refractivity contribution in [3.63, 3.8) is 0 Å². The van der Waals surface area contributed by atoms with Crippen LogP contribution < -0.4 is 0 Å². The van der Waals surface area contributed by atoms with E-state index >= 15 is 0 Å². The van der Waals surface area contributed by atoms with Crippen LogP contribution in [0.2, 0.25) is 0 Å². The van der Waals surface area contributed by atoms with Gasteiger partial charge in [0.15, 0.2) is 0 Å². The number of aliphatic hydroxyl groups is 1. The zero-order valence-corrected chi connectivity index (χ0v) is 9.75. The van der Waals surface area contributed by atoms with E-state index in [1.54, 1.807) is 11.7 Å². The molecule has 6 heteroatoms. The molecule has 0 aromatic carbocycles. The van der Waals surface area contributed by atoms with E-state index in [-0.39, 0.29) is 5.92 Å². The molecule has 14 heavy (non-hydrogen) atoms. The third-order valence-electron chi connectivity index (χ3n) is 2.32. The normalized spacial score (nSPS) is 15.9. The van der Waals surface area contributed by atoms with Gasteiger partial charge in [-0.1, -0.05) is 25.6 Å². The van der Waals surface area contributed by atoms with E-state index in [4.69, 9.17) is 0 Å². The molecule has 5 nitrogen and oxygen atoms in total. The molecule has 0 fully saturated rings. The third-order valence-corrected chi connectivity index (χ3v) is 3.65. The van der Waals surface area contributed by atoms with Crippen molar-refractivity contribution in [2.24, 2.45) is 13.0 Å². The summed E-state index contributed by atoms with van der Waals surface area (Å²) < 4.78 is 1.60. The van der Waals surface area contributed by atoms with E-state index in [1.165, 1.54) is 11.8 Å². The smallest absolute Gasteiger partial charge is 0.209 e. The Balaban J connectivity index is 2.53. The van der Waals surface area contributed by atoms with Crippen LogP contribution in [-0.2, 0) is 7.05 Å². The van der Waals surface area contributed by atoms with Gasteiger partial charge in [0.25, 0.3) is 0 Å². The predicted molar refractivity (Wildman–Crippen MR) is 55.0 cm³/mol. The number of aromatic nitrogens is 4. The molecular formula is C8H16N4OS. The van der Waals surface area contributed by atoms with Crippen LogP contribution in [0.25, 0.3) is 0 Å². The number of aryl methyl sites for hydroxylation is 1. The summed E-state index contributed by atoms with van der Waals surface area (Å²) >= 11 is 1.47. The summed E-state index contributed by atoms with van der Waals surface area (Å²) in [7, 11) is 1.78. The first-order valence-electron chi connectivity index (χ1n) is 4.51. The minimum Gasteiger partial charge on any atom is -0.389 e. The molecule has 0 aliphatic rings. The number of hydrogen-bond acceptors (Lipinski definition) is 5. The quantitative estimate of drug-likeness (QED) is 0.751. The van der Waals surface area contributed by atoms with Gasteiger partial charge in [-0.2, -0.15) is 0 Å². The SMILES string of the molecule is CC(C)C(C)(O)CSc1nnnn1C. The average Bonchev–Trinajstić information content (AvgIpc) is 2.47. The molecule has 1 heterocycles. The Labute approximate surface area is 87.9 Å². The number of tetrazole rings is 1. The van der Waals surface area contributed by atoms with Crippen LogP contribution in [0.3, 0.4) is 0 Å². The molecule has 80 valence electrons. The topological polar surface area (TPSA) is 63.8 Å². The minimum atomic E-state index is -0.684. The van der Waals surface area contributed by atoms with Gasteiger partial charge < -0.3 is 5.11 Å². The van der Waals surface area contributed by atoms with E-state index in [9.17, 15) is 5.11 Å². The van der Waals surface area contributed by atoms with Gasteiger partial charge in [0.2, 0.25) is 5.16 Å². The van der Waals surface area contributed by atoms with Crippen LogP contribution >= 0.6 is 11.8 Å². The molecular weight excluding hydrogens is 200 g/mol. The maximum atomic E-state index is 9.98. The van der Waals surface area contributed by atoms with Gasteiger partial charge in [-0.3, -0.25) is 0 Å². The van der Waals surface area contributed by atoms with Crippen molar-refractivity contribution < 1.29 is 5.11 Å². The van der Waals surface area contributed by atoms with Crippen LogP contribution in [0.15, 0.2) is 5.16 Å². The summed E-state index contributed by atoms with van der Waals surface area (Å²) in [5, 5.41) is 21.8. The Morgan fingerprint density at radius 1 is 1.57 bits per heavy atom. The van der Waals surface area contributed by atoms with Crippen molar-refractivity contribution >= 4 is 11.8 Å². The lowest BCUT2D eigenvalue weighted by Gasteiger charge is -2.26. The lowest BCUT2D eigenvalue weighted by Crippen LogP contribution is -2.33. The second kappa shape index (κ2) is 4.27. The van der Waals surface area contributed by atoms with Crippen molar-refractivity contribution in [1.29, 1.82) is 0 Å². The summed E-state index contributed by atoms with van der Waals surface area (Å²) in [6.45, 7) is 5.82. The molecule has 1 rings (SSSR count). The molecule has 1 aromatic heterocycles. The van der Waals surface area contributed by atoms with E-state index in [0.29, 0.717) is 5.75 Å². The van der Waals surface area contributed by atoms with Gasteiger partial charge in [0.05, 0.1) is 5.60 Å². The van der Waals surface area contributed by atoms with E-state index in [2.05, 4.69) is 15.5 Å². The van der Waals surface area contributed by atoms with E-state index in [0.717, 1.165) is 5.16 Å². The monoisotopic (exact) mass is 216 g/mol. The fourth-order valence-corrected chi connectivity index (χ4v) is 1.79. The molecule has 0 saturated carbocycles.